The van der Waals surface area contributed by atoms with Crippen LogP contribution in [-0.2, 0) is 0 Å². The zero-order valence-electron chi connectivity index (χ0n) is 9.45. The van der Waals surface area contributed by atoms with Gasteiger partial charge in [-0.2, -0.15) is 0 Å². The fourth-order valence-electron chi connectivity index (χ4n) is 2.12. The molecular weight excluding hydrogens is 188 g/mol. The van der Waals surface area contributed by atoms with Gasteiger partial charge < -0.3 is 10.2 Å². The van der Waals surface area contributed by atoms with Gasteiger partial charge in [0, 0.05) is 25.7 Å². The van der Waals surface area contributed by atoms with Crippen LogP contribution in [0.25, 0.3) is 0 Å². The Morgan fingerprint density at radius 3 is 2.60 bits per heavy atom. The molecule has 1 fully saturated rings. The molecule has 0 amide bonds. The first-order valence-corrected chi connectivity index (χ1v) is 5.57. The monoisotopic (exact) mass is 206 g/mol. The van der Waals surface area contributed by atoms with E-state index in [0.717, 1.165) is 30.3 Å². The Morgan fingerprint density at radius 2 is 1.93 bits per heavy atom. The maximum Gasteiger partial charge on any atom is 0.137 e. The van der Waals surface area contributed by atoms with E-state index in [1.165, 1.54) is 19.3 Å². The number of rotatable bonds is 2. The first-order chi connectivity index (χ1) is 7.33. The van der Waals surface area contributed by atoms with Gasteiger partial charge in [-0.05, 0) is 26.2 Å². The summed E-state index contributed by atoms with van der Waals surface area (Å²) in [5, 5.41) is 3.10. The lowest BCUT2D eigenvalue weighted by molar-refractivity contribution is 0.572. The average Bonchev–Trinajstić information content (AvgIpc) is 2.30. The molecule has 0 bridgehead atoms. The Hall–Kier alpha value is -1.32. The average molecular weight is 206 g/mol. The third-order valence-corrected chi connectivity index (χ3v) is 2.95. The molecule has 4 nitrogen and oxygen atoms in total. The van der Waals surface area contributed by atoms with E-state index >= 15 is 0 Å². The first kappa shape index (κ1) is 10.2. The number of nitrogens with one attached hydrogen (secondary N) is 1. The maximum absolute atomic E-state index is 4.39. The smallest absolute Gasteiger partial charge is 0.137 e. The van der Waals surface area contributed by atoms with Crippen molar-refractivity contribution < 1.29 is 0 Å². The van der Waals surface area contributed by atoms with Crippen LogP contribution >= 0.6 is 0 Å². The van der Waals surface area contributed by atoms with Crippen molar-refractivity contribution >= 4 is 11.6 Å². The number of piperidine rings is 1. The summed E-state index contributed by atoms with van der Waals surface area (Å²) in [7, 11) is 1.90. The predicted molar refractivity (Wildman–Crippen MR) is 62.4 cm³/mol. The van der Waals surface area contributed by atoms with Gasteiger partial charge in [-0.25, -0.2) is 9.97 Å². The molecule has 1 aliphatic heterocycles. The summed E-state index contributed by atoms with van der Waals surface area (Å²) in [6, 6.07) is 0. The molecule has 15 heavy (non-hydrogen) atoms. The number of aromatic nitrogens is 2. The van der Waals surface area contributed by atoms with Gasteiger partial charge in [-0.1, -0.05) is 0 Å². The van der Waals surface area contributed by atoms with Crippen LogP contribution in [-0.4, -0.2) is 30.1 Å². The molecule has 2 rings (SSSR count). The Balaban J connectivity index is 2.26. The summed E-state index contributed by atoms with van der Waals surface area (Å²) in [6.07, 6.45) is 5.54. The molecular formula is C11H18N4. The standard InChI is InChI=1S/C11H18N4/c1-9-10(12-2)13-8-14-11(9)15-6-4-3-5-7-15/h8H,3-7H2,1-2H3,(H,12,13,14). The third kappa shape index (κ3) is 2.03. The van der Waals surface area contributed by atoms with E-state index in [-0.39, 0.29) is 0 Å². The molecule has 1 aromatic rings. The molecule has 0 radical (unpaired) electrons. The quantitative estimate of drug-likeness (QED) is 0.801. The highest BCUT2D eigenvalue weighted by Gasteiger charge is 2.15. The molecule has 1 saturated heterocycles. The second-order valence-electron chi connectivity index (χ2n) is 3.97. The lowest BCUT2D eigenvalue weighted by Crippen LogP contribution is -2.31. The fourth-order valence-corrected chi connectivity index (χ4v) is 2.12. The lowest BCUT2D eigenvalue weighted by atomic mass is 10.1. The minimum absolute atomic E-state index is 0.936. The van der Waals surface area contributed by atoms with Crippen LogP contribution in [0.3, 0.4) is 0 Å². The zero-order valence-corrected chi connectivity index (χ0v) is 9.45. The van der Waals surface area contributed by atoms with E-state index in [4.69, 9.17) is 0 Å². The van der Waals surface area contributed by atoms with E-state index in [1.54, 1.807) is 6.33 Å². The van der Waals surface area contributed by atoms with Crippen LogP contribution in [0, 0.1) is 6.92 Å². The van der Waals surface area contributed by atoms with Crippen LogP contribution in [0.1, 0.15) is 24.8 Å². The van der Waals surface area contributed by atoms with Crippen LogP contribution in [0.15, 0.2) is 6.33 Å². The molecule has 0 unspecified atom stereocenters. The molecule has 0 aromatic carbocycles. The molecule has 2 heterocycles. The van der Waals surface area contributed by atoms with Crippen LogP contribution < -0.4 is 10.2 Å². The predicted octanol–water partition coefficient (Wildman–Crippen LogP) is 1.82. The highest BCUT2D eigenvalue weighted by atomic mass is 15.2. The van der Waals surface area contributed by atoms with Crippen LogP contribution in [0.4, 0.5) is 11.6 Å². The van der Waals surface area contributed by atoms with Gasteiger partial charge in [0.25, 0.3) is 0 Å². The third-order valence-electron chi connectivity index (χ3n) is 2.95. The first-order valence-electron chi connectivity index (χ1n) is 5.57. The summed E-state index contributed by atoms with van der Waals surface area (Å²) in [6.45, 7) is 4.33. The van der Waals surface area contributed by atoms with Crippen molar-refractivity contribution in [2.45, 2.75) is 26.2 Å². The highest BCUT2D eigenvalue weighted by molar-refractivity contribution is 5.57. The molecule has 0 saturated carbocycles. The Bertz CT molecular complexity index is 331. The summed E-state index contributed by atoms with van der Waals surface area (Å²) in [4.78, 5) is 11.0. The van der Waals surface area contributed by atoms with Crippen molar-refractivity contribution in [2.24, 2.45) is 0 Å². The van der Waals surface area contributed by atoms with E-state index < -0.39 is 0 Å². The number of nitrogens with zero attached hydrogens (tertiary/aromatic N) is 3. The van der Waals surface area contributed by atoms with Crippen molar-refractivity contribution in [3.8, 4) is 0 Å². The number of hydrogen-bond acceptors (Lipinski definition) is 4. The number of hydrogen-bond donors (Lipinski definition) is 1. The van der Waals surface area contributed by atoms with E-state index in [9.17, 15) is 0 Å². The van der Waals surface area contributed by atoms with Crippen molar-refractivity contribution in [3.05, 3.63) is 11.9 Å². The molecule has 1 N–H and O–H groups in total. The zero-order chi connectivity index (χ0) is 10.7. The van der Waals surface area contributed by atoms with E-state index in [2.05, 4.69) is 27.1 Å². The highest BCUT2D eigenvalue weighted by Crippen LogP contribution is 2.24. The van der Waals surface area contributed by atoms with Gasteiger partial charge in [0.15, 0.2) is 0 Å². The van der Waals surface area contributed by atoms with Crippen molar-refractivity contribution in [1.82, 2.24) is 9.97 Å². The number of anilines is 2. The molecule has 82 valence electrons. The molecule has 0 aliphatic carbocycles. The molecule has 0 spiro atoms. The minimum Gasteiger partial charge on any atom is -0.373 e. The second kappa shape index (κ2) is 4.47. The van der Waals surface area contributed by atoms with Crippen LogP contribution in [0.5, 0.6) is 0 Å². The van der Waals surface area contributed by atoms with Crippen molar-refractivity contribution in [2.75, 3.05) is 30.4 Å². The second-order valence-corrected chi connectivity index (χ2v) is 3.97. The summed E-state index contributed by atoms with van der Waals surface area (Å²) >= 11 is 0. The Kier molecular flexibility index (Phi) is 3.04. The Morgan fingerprint density at radius 1 is 1.20 bits per heavy atom. The van der Waals surface area contributed by atoms with Gasteiger partial charge in [0.1, 0.15) is 18.0 Å². The molecule has 0 atom stereocenters. The normalized spacial score (nSPS) is 16.5. The maximum atomic E-state index is 4.39. The molecule has 1 aliphatic rings. The Labute approximate surface area is 90.7 Å². The minimum atomic E-state index is 0.936. The largest absolute Gasteiger partial charge is 0.373 e. The van der Waals surface area contributed by atoms with Gasteiger partial charge in [0.05, 0.1) is 0 Å². The van der Waals surface area contributed by atoms with Crippen LogP contribution in [0.2, 0.25) is 0 Å². The lowest BCUT2D eigenvalue weighted by Gasteiger charge is -2.29. The summed E-state index contributed by atoms with van der Waals surface area (Å²) < 4.78 is 0. The van der Waals surface area contributed by atoms with E-state index in [1.807, 2.05) is 7.05 Å². The summed E-state index contributed by atoms with van der Waals surface area (Å²) in [5.41, 5.74) is 1.15. The molecule has 4 heteroatoms. The van der Waals surface area contributed by atoms with Crippen molar-refractivity contribution in [1.29, 1.82) is 0 Å². The van der Waals surface area contributed by atoms with Gasteiger partial charge >= 0.3 is 0 Å². The van der Waals surface area contributed by atoms with Gasteiger partial charge in [0.2, 0.25) is 0 Å². The molecule has 1 aromatic heterocycles. The SMILES string of the molecule is CNc1ncnc(N2CCCCC2)c1C. The topological polar surface area (TPSA) is 41.1 Å². The fraction of sp³-hybridized carbons (Fsp3) is 0.636. The summed E-state index contributed by atoms with van der Waals surface area (Å²) in [5.74, 6) is 2.03. The van der Waals surface area contributed by atoms with E-state index in [0.29, 0.717) is 0 Å². The van der Waals surface area contributed by atoms with Gasteiger partial charge in [-0.15, -0.1) is 0 Å². The van der Waals surface area contributed by atoms with Crippen molar-refractivity contribution in [3.63, 3.8) is 0 Å². The van der Waals surface area contributed by atoms with Gasteiger partial charge in [-0.3, -0.25) is 0 Å².